The van der Waals surface area contributed by atoms with Gasteiger partial charge in [0.05, 0.1) is 0 Å². The van der Waals surface area contributed by atoms with Gasteiger partial charge in [0.25, 0.3) is 0 Å². The van der Waals surface area contributed by atoms with Crippen LogP contribution in [0.4, 0.5) is 0 Å². The topological polar surface area (TPSA) is 102 Å². The highest BCUT2D eigenvalue weighted by molar-refractivity contribution is 5.79. The maximum Gasteiger partial charge on any atom is 0.228 e. The van der Waals surface area contributed by atoms with Gasteiger partial charge >= 0.3 is 0 Å². The molecule has 0 aliphatic heterocycles. The lowest BCUT2D eigenvalue weighted by Gasteiger charge is -2.11. The lowest BCUT2D eigenvalue weighted by Crippen LogP contribution is -2.35. The first kappa shape index (κ1) is 8.72. The van der Waals surface area contributed by atoms with Gasteiger partial charge < -0.3 is 11.5 Å². The smallest absolute Gasteiger partial charge is 0.228 e. The maximum atomic E-state index is 8.02. The van der Waals surface area contributed by atoms with Crippen LogP contribution in [-0.2, 0) is 0 Å². The molecule has 4 N–H and O–H groups in total. The number of hydrogen-bond donors (Lipinski definition) is 2. The van der Waals surface area contributed by atoms with E-state index in [1.807, 2.05) is 0 Å². The van der Waals surface area contributed by atoms with Crippen LogP contribution in [0.1, 0.15) is 13.8 Å². The summed E-state index contributed by atoms with van der Waals surface area (Å²) in [6.45, 7) is 3.32. The third-order valence-corrected chi connectivity index (χ3v) is 0.567. The Hall–Kier alpha value is -1.28. The molecule has 55 valence electrons. The van der Waals surface area contributed by atoms with Crippen molar-refractivity contribution in [1.82, 2.24) is 5.32 Å². The normalized spacial score (nSPS) is 12.4. The molecule has 0 fully saturated rings. The van der Waals surface area contributed by atoms with Crippen molar-refractivity contribution in [2.24, 2.45) is 16.5 Å². The lowest BCUT2D eigenvalue weighted by atomic mass is 10.3. The minimum atomic E-state index is -0.759. The van der Waals surface area contributed by atoms with E-state index in [1.54, 1.807) is 13.8 Å². The Morgan fingerprint density at radius 1 is 1.60 bits per heavy atom. The number of rotatable bonds is 1. The number of hydrogen-bond acceptors (Lipinski definition) is 3. The molecule has 5 heteroatoms. The van der Waals surface area contributed by atoms with Crippen molar-refractivity contribution < 1.29 is 0 Å². The van der Waals surface area contributed by atoms with Crippen LogP contribution in [0.15, 0.2) is 4.99 Å². The number of guanidine groups is 1. The molecule has 1 radical (unpaired) electrons. The van der Waals surface area contributed by atoms with E-state index >= 15 is 0 Å². The Morgan fingerprint density at radius 2 is 2.10 bits per heavy atom. The van der Waals surface area contributed by atoms with E-state index in [4.69, 9.17) is 16.7 Å². The van der Waals surface area contributed by atoms with E-state index in [0.29, 0.717) is 0 Å². The highest BCUT2D eigenvalue weighted by Crippen LogP contribution is 1.96. The average Bonchev–Trinajstić information content (AvgIpc) is 1.59. The summed E-state index contributed by atoms with van der Waals surface area (Å²) in [6, 6.07) is 0. The summed E-state index contributed by atoms with van der Waals surface area (Å²) in [5.41, 5.74) is 9.82. The largest absolute Gasteiger partial charge is 0.367 e. The molecular formula is C5H10N5. The second kappa shape index (κ2) is 3.03. The Balaban J connectivity index is 4.06. The quantitative estimate of drug-likeness (QED) is 0.279. The van der Waals surface area contributed by atoms with Crippen molar-refractivity contribution in [2.45, 2.75) is 19.5 Å². The van der Waals surface area contributed by atoms with Gasteiger partial charge in [-0.1, -0.05) is 0 Å². The molecule has 0 aromatic carbocycles. The molecule has 5 nitrogen and oxygen atoms in total. The summed E-state index contributed by atoms with van der Waals surface area (Å²) < 4.78 is 0. The summed E-state index contributed by atoms with van der Waals surface area (Å²) in [7, 11) is 0. The predicted octanol–water partition coefficient (Wildman–Crippen LogP) is -0.919. The molecule has 0 aromatic rings. The van der Waals surface area contributed by atoms with Gasteiger partial charge in [0.1, 0.15) is 5.66 Å². The van der Waals surface area contributed by atoms with Crippen LogP contribution in [-0.4, -0.2) is 11.6 Å². The molecule has 0 saturated carbocycles. The van der Waals surface area contributed by atoms with E-state index in [-0.39, 0.29) is 5.96 Å². The van der Waals surface area contributed by atoms with Gasteiger partial charge in [0.15, 0.2) is 0 Å². The average molecular weight is 140 g/mol. The van der Waals surface area contributed by atoms with Crippen molar-refractivity contribution in [3.63, 3.8) is 0 Å². The van der Waals surface area contributed by atoms with Crippen molar-refractivity contribution in [3.05, 3.63) is 0 Å². The van der Waals surface area contributed by atoms with Crippen LogP contribution >= 0.6 is 0 Å². The molecule has 0 unspecified atom stereocenters. The van der Waals surface area contributed by atoms with E-state index in [2.05, 4.69) is 10.3 Å². The first-order valence-corrected chi connectivity index (χ1v) is 2.70. The van der Waals surface area contributed by atoms with E-state index in [1.165, 1.54) is 6.19 Å². The summed E-state index contributed by atoms with van der Waals surface area (Å²) in [5, 5.41) is 11.2. The van der Waals surface area contributed by atoms with Gasteiger partial charge in [0.2, 0.25) is 12.2 Å². The van der Waals surface area contributed by atoms with Gasteiger partial charge in [0, 0.05) is 0 Å². The predicted molar refractivity (Wildman–Crippen MR) is 37.6 cm³/mol. The van der Waals surface area contributed by atoms with Crippen molar-refractivity contribution in [1.29, 1.82) is 5.26 Å². The third kappa shape index (κ3) is 4.87. The van der Waals surface area contributed by atoms with E-state index < -0.39 is 5.66 Å². The molecule has 0 spiro atoms. The van der Waals surface area contributed by atoms with Gasteiger partial charge in [-0.15, -0.1) is 5.32 Å². The lowest BCUT2D eigenvalue weighted by molar-refractivity contribution is 0.547. The molecule has 0 saturated heterocycles. The third-order valence-electron chi connectivity index (χ3n) is 0.567. The molecule has 0 aliphatic rings. The molecule has 0 heterocycles. The second-order valence-corrected chi connectivity index (χ2v) is 2.34. The van der Waals surface area contributed by atoms with Gasteiger partial charge in [-0.3, -0.25) is 0 Å². The fraction of sp³-hybridized carbons (Fsp3) is 0.600. The van der Waals surface area contributed by atoms with Crippen molar-refractivity contribution in [2.75, 3.05) is 0 Å². The molecule has 0 aromatic heterocycles. The fourth-order valence-corrected chi connectivity index (χ4v) is 0.371. The fourth-order valence-electron chi connectivity index (χ4n) is 0.371. The first-order valence-electron chi connectivity index (χ1n) is 2.70. The summed E-state index contributed by atoms with van der Waals surface area (Å²) in [5.74, 6) is -0.0880. The first-order chi connectivity index (χ1) is 4.45. The Bertz CT molecular complexity index is 169. The minimum Gasteiger partial charge on any atom is -0.367 e. The zero-order valence-corrected chi connectivity index (χ0v) is 6.00. The highest BCUT2D eigenvalue weighted by atomic mass is 15.1. The molecule has 10 heavy (non-hydrogen) atoms. The number of aliphatic imine (C=N–C) groups is 1. The maximum absolute atomic E-state index is 8.02. The van der Waals surface area contributed by atoms with E-state index in [9.17, 15) is 0 Å². The van der Waals surface area contributed by atoms with Crippen molar-refractivity contribution in [3.8, 4) is 6.19 Å². The zero-order chi connectivity index (χ0) is 8.20. The van der Waals surface area contributed by atoms with Gasteiger partial charge in [-0.05, 0) is 13.8 Å². The molecule has 0 amide bonds. The standard InChI is InChI=1S/C5H10N5/c1-5(2,8)10-4(7)9-3-6/h8H2,1-2H3,(H2,7,10). The van der Waals surface area contributed by atoms with Crippen LogP contribution in [0.2, 0.25) is 0 Å². The SMILES string of the molecule is CC(C)(N)N=C(N)[N]C#N. The number of nitrogens with two attached hydrogens (primary N) is 2. The van der Waals surface area contributed by atoms with E-state index in [0.717, 1.165) is 0 Å². The van der Waals surface area contributed by atoms with Crippen LogP contribution in [0.3, 0.4) is 0 Å². The minimum absolute atomic E-state index is 0.0880. The molecule has 0 atom stereocenters. The van der Waals surface area contributed by atoms with Crippen molar-refractivity contribution >= 4 is 5.96 Å². The van der Waals surface area contributed by atoms with Crippen LogP contribution in [0.5, 0.6) is 0 Å². The monoisotopic (exact) mass is 140 g/mol. The van der Waals surface area contributed by atoms with Gasteiger partial charge in [-0.2, -0.15) is 5.26 Å². The Kier molecular flexibility index (Phi) is 2.65. The molecule has 0 aliphatic carbocycles. The molecular weight excluding hydrogens is 130 g/mol. The summed E-state index contributed by atoms with van der Waals surface area (Å²) in [4.78, 5) is 3.68. The van der Waals surface area contributed by atoms with Crippen LogP contribution < -0.4 is 16.8 Å². The number of nitriles is 1. The van der Waals surface area contributed by atoms with Crippen LogP contribution in [0.25, 0.3) is 0 Å². The van der Waals surface area contributed by atoms with Gasteiger partial charge in [-0.25, -0.2) is 4.99 Å². The van der Waals surface area contributed by atoms with Crippen LogP contribution in [0, 0.1) is 11.5 Å². The Morgan fingerprint density at radius 3 is 2.40 bits per heavy atom. The second-order valence-electron chi connectivity index (χ2n) is 2.34. The summed E-state index contributed by atoms with van der Waals surface area (Å²) >= 11 is 0. The molecule has 0 bridgehead atoms. The summed E-state index contributed by atoms with van der Waals surface area (Å²) in [6.07, 6.45) is 1.50. The number of nitrogens with zero attached hydrogens (tertiary/aromatic N) is 3. The molecule has 0 rings (SSSR count). The zero-order valence-electron chi connectivity index (χ0n) is 6.00. The highest BCUT2D eigenvalue weighted by Gasteiger charge is 2.08. The Labute approximate surface area is 59.7 Å².